The molecule has 0 saturated heterocycles. The average molecular weight is 422 g/mol. The van der Waals surface area contributed by atoms with Crippen molar-refractivity contribution >= 4 is 10.8 Å². The molecule has 7 heteroatoms. The SMILES string of the molecule is C/C=C/CCc1c(F)c(F)c(C#Cc2ccc3c(F)c(F)c(F)cc3c2)c(F)c1F. The molecular weight excluding hydrogens is 409 g/mol. The van der Waals surface area contributed by atoms with Crippen molar-refractivity contribution in [1.82, 2.24) is 0 Å². The van der Waals surface area contributed by atoms with E-state index < -0.39 is 51.8 Å². The molecule has 0 radical (unpaired) electrons. The van der Waals surface area contributed by atoms with Crippen molar-refractivity contribution in [3.63, 3.8) is 0 Å². The van der Waals surface area contributed by atoms with Gasteiger partial charge < -0.3 is 0 Å². The van der Waals surface area contributed by atoms with Gasteiger partial charge in [0.05, 0.1) is 0 Å². The van der Waals surface area contributed by atoms with Gasteiger partial charge in [-0.25, -0.2) is 30.7 Å². The number of fused-ring (bicyclic) bond motifs is 1. The first-order chi connectivity index (χ1) is 14.3. The van der Waals surface area contributed by atoms with Gasteiger partial charge in [-0.05, 0) is 43.4 Å². The highest BCUT2D eigenvalue weighted by Gasteiger charge is 2.24. The van der Waals surface area contributed by atoms with E-state index in [1.54, 1.807) is 19.1 Å². The van der Waals surface area contributed by atoms with Gasteiger partial charge in [0.25, 0.3) is 0 Å². The fraction of sp³-hybridized carbons (Fsp3) is 0.130. The summed E-state index contributed by atoms with van der Waals surface area (Å²) in [6.45, 7) is 1.69. The van der Waals surface area contributed by atoms with Crippen LogP contribution in [0.1, 0.15) is 30.0 Å². The number of benzene rings is 3. The smallest absolute Gasteiger partial charge is 0.195 e. The molecule has 154 valence electrons. The highest BCUT2D eigenvalue weighted by molar-refractivity contribution is 5.84. The minimum Gasteiger partial charge on any atom is -0.204 e. The van der Waals surface area contributed by atoms with Crippen molar-refractivity contribution in [1.29, 1.82) is 0 Å². The fourth-order valence-corrected chi connectivity index (χ4v) is 2.92. The number of halogens is 7. The molecule has 0 heterocycles. The zero-order valence-electron chi connectivity index (χ0n) is 15.5. The lowest BCUT2D eigenvalue weighted by molar-refractivity contribution is 0.436. The molecule has 0 nitrogen and oxygen atoms in total. The second kappa shape index (κ2) is 8.62. The molecule has 0 bridgehead atoms. The Morgan fingerprint density at radius 2 is 1.43 bits per heavy atom. The van der Waals surface area contributed by atoms with Crippen LogP contribution in [0.4, 0.5) is 30.7 Å². The Labute approximate surface area is 167 Å². The molecule has 3 aromatic rings. The Hall–Kier alpha value is -3.27. The van der Waals surface area contributed by atoms with Crippen LogP contribution in [0.25, 0.3) is 10.8 Å². The van der Waals surface area contributed by atoms with Gasteiger partial charge >= 0.3 is 0 Å². The summed E-state index contributed by atoms with van der Waals surface area (Å²) in [6.07, 6.45) is 3.19. The standard InChI is InChI=1S/C23H13F7/c1-2-3-4-5-15-19(26)21(28)16(22(29)20(15)27)9-7-12-6-8-14-13(10-12)11-17(24)23(30)18(14)25/h2-3,6,8,10-11H,4-5H2,1H3/b3-2+. The molecule has 0 saturated carbocycles. The van der Waals surface area contributed by atoms with Gasteiger partial charge in [0, 0.05) is 16.5 Å². The summed E-state index contributed by atoms with van der Waals surface area (Å²) in [5.74, 6) is -6.42. The molecule has 3 aromatic carbocycles. The molecule has 0 aliphatic carbocycles. The average Bonchev–Trinajstić information content (AvgIpc) is 2.73. The first-order valence-corrected chi connectivity index (χ1v) is 8.81. The highest BCUT2D eigenvalue weighted by atomic mass is 19.2. The predicted octanol–water partition coefficient (Wildman–Crippen LogP) is 6.72. The van der Waals surface area contributed by atoms with Crippen LogP contribution in [0.15, 0.2) is 36.4 Å². The van der Waals surface area contributed by atoms with E-state index in [1.807, 2.05) is 5.92 Å². The van der Waals surface area contributed by atoms with E-state index >= 15 is 0 Å². The van der Waals surface area contributed by atoms with Crippen LogP contribution in [0.3, 0.4) is 0 Å². The third-order valence-corrected chi connectivity index (χ3v) is 4.46. The monoisotopic (exact) mass is 422 g/mol. The molecule has 3 rings (SSSR count). The van der Waals surface area contributed by atoms with Gasteiger partial charge in [0.15, 0.2) is 40.7 Å². The van der Waals surface area contributed by atoms with Crippen molar-refractivity contribution in [3.8, 4) is 11.8 Å². The summed E-state index contributed by atoms with van der Waals surface area (Å²) in [5.41, 5.74) is -1.77. The van der Waals surface area contributed by atoms with Crippen molar-refractivity contribution in [2.24, 2.45) is 0 Å². The first-order valence-electron chi connectivity index (χ1n) is 8.81. The van der Waals surface area contributed by atoms with Crippen LogP contribution in [0.5, 0.6) is 0 Å². The summed E-state index contributed by atoms with van der Waals surface area (Å²) < 4.78 is 97.4. The van der Waals surface area contributed by atoms with Gasteiger partial charge in [-0.2, -0.15) is 0 Å². The highest BCUT2D eigenvalue weighted by Crippen LogP contribution is 2.26. The minimum absolute atomic E-state index is 0.0455. The lowest BCUT2D eigenvalue weighted by atomic mass is 10.0. The maximum Gasteiger partial charge on any atom is 0.195 e. The molecular formula is C23H13F7. The quantitative estimate of drug-likeness (QED) is 0.145. The molecule has 0 aliphatic heterocycles. The fourth-order valence-electron chi connectivity index (χ4n) is 2.92. The third-order valence-electron chi connectivity index (χ3n) is 4.46. The lowest BCUT2D eigenvalue weighted by Gasteiger charge is -2.08. The molecule has 0 unspecified atom stereocenters. The van der Waals surface area contributed by atoms with Gasteiger partial charge in [0.1, 0.15) is 5.56 Å². The van der Waals surface area contributed by atoms with E-state index in [4.69, 9.17) is 0 Å². The van der Waals surface area contributed by atoms with Crippen LogP contribution < -0.4 is 0 Å². The van der Waals surface area contributed by atoms with Gasteiger partial charge in [-0.1, -0.05) is 30.1 Å². The summed E-state index contributed by atoms with van der Waals surface area (Å²) in [7, 11) is 0. The molecule has 0 aromatic heterocycles. The largest absolute Gasteiger partial charge is 0.204 e. The van der Waals surface area contributed by atoms with Crippen molar-refractivity contribution in [3.05, 3.63) is 93.8 Å². The normalized spacial score (nSPS) is 11.2. The predicted molar refractivity (Wildman–Crippen MR) is 99.2 cm³/mol. The van der Waals surface area contributed by atoms with Crippen molar-refractivity contribution in [2.45, 2.75) is 19.8 Å². The second-order valence-corrected chi connectivity index (χ2v) is 6.39. The molecule has 0 aliphatic rings. The van der Waals surface area contributed by atoms with Crippen molar-refractivity contribution in [2.75, 3.05) is 0 Å². The Bertz CT molecular complexity index is 1200. The van der Waals surface area contributed by atoms with Crippen LogP contribution in [0, 0.1) is 52.6 Å². The van der Waals surface area contributed by atoms with Crippen LogP contribution in [-0.4, -0.2) is 0 Å². The Kier molecular flexibility index (Phi) is 6.16. The molecule has 0 fully saturated rings. The Morgan fingerprint density at radius 3 is 2.07 bits per heavy atom. The number of hydrogen-bond acceptors (Lipinski definition) is 0. The number of rotatable bonds is 3. The van der Waals surface area contributed by atoms with Gasteiger partial charge in [-0.3, -0.25) is 0 Å². The molecule has 0 atom stereocenters. The van der Waals surface area contributed by atoms with Crippen LogP contribution in [0.2, 0.25) is 0 Å². The summed E-state index contributed by atoms with van der Waals surface area (Å²) >= 11 is 0. The van der Waals surface area contributed by atoms with E-state index in [2.05, 4.69) is 5.92 Å². The maximum absolute atomic E-state index is 14.3. The second-order valence-electron chi connectivity index (χ2n) is 6.39. The van der Waals surface area contributed by atoms with Crippen LogP contribution >= 0.6 is 0 Å². The van der Waals surface area contributed by atoms with E-state index in [1.165, 1.54) is 6.07 Å². The number of hydrogen-bond donors (Lipinski definition) is 0. The van der Waals surface area contributed by atoms with Gasteiger partial charge in [-0.15, -0.1) is 0 Å². The molecule has 30 heavy (non-hydrogen) atoms. The van der Waals surface area contributed by atoms with Gasteiger partial charge in [0.2, 0.25) is 0 Å². The van der Waals surface area contributed by atoms with E-state index in [-0.39, 0.29) is 29.2 Å². The minimum atomic E-state index is -1.63. The van der Waals surface area contributed by atoms with Crippen LogP contribution in [-0.2, 0) is 6.42 Å². The first kappa shape index (κ1) is 21.4. The maximum atomic E-state index is 14.3. The lowest BCUT2D eigenvalue weighted by Crippen LogP contribution is -2.07. The summed E-state index contributed by atoms with van der Waals surface area (Å²) in [5, 5.41) is -0.268. The molecule has 0 spiro atoms. The topological polar surface area (TPSA) is 0 Å². The Balaban J connectivity index is 2.05. The molecule has 0 amide bonds. The van der Waals surface area contributed by atoms with Crippen molar-refractivity contribution < 1.29 is 30.7 Å². The number of allylic oxidation sites excluding steroid dienone is 2. The Morgan fingerprint density at radius 1 is 0.767 bits per heavy atom. The van der Waals surface area contributed by atoms with E-state index in [0.717, 1.165) is 18.2 Å². The zero-order chi connectivity index (χ0) is 22.0. The summed E-state index contributed by atoms with van der Waals surface area (Å²) in [6, 6.07) is 4.19. The van der Waals surface area contributed by atoms with E-state index in [0.29, 0.717) is 0 Å². The zero-order valence-corrected chi connectivity index (χ0v) is 15.5. The third kappa shape index (κ3) is 3.90. The summed E-state index contributed by atoms with van der Waals surface area (Å²) in [4.78, 5) is 0. The molecule has 0 N–H and O–H groups in total. The van der Waals surface area contributed by atoms with E-state index in [9.17, 15) is 30.7 Å².